The van der Waals surface area contributed by atoms with Crippen molar-refractivity contribution in [1.29, 1.82) is 0 Å². The molecular weight excluding hydrogens is 468 g/mol. The van der Waals surface area contributed by atoms with Gasteiger partial charge in [0.15, 0.2) is 0 Å². The molecule has 0 bridgehead atoms. The minimum atomic E-state index is -0.764. The molecule has 3 amide bonds. The van der Waals surface area contributed by atoms with Crippen molar-refractivity contribution in [3.8, 4) is 11.1 Å². The highest BCUT2D eigenvalue weighted by Crippen LogP contribution is 2.24. The van der Waals surface area contributed by atoms with Gasteiger partial charge >= 0.3 is 6.09 Å². The highest BCUT2D eigenvalue weighted by Gasteiger charge is 2.41. The summed E-state index contributed by atoms with van der Waals surface area (Å²) in [5.41, 5.74) is 2.62. The summed E-state index contributed by atoms with van der Waals surface area (Å²) < 4.78 is 5.31. The maximum Gasteiger partial charge on any atom is 0.408 e. The first kappa shape index (κ1) is 25.9. The van der Waals surface area contributed by atoms with E-state index in [1.165, 1.54) is 0 Å². The summed E-state index contributed by atoms with van der Waals surface area (Å²) in [6.45, 7) is 6.50. The van der Waals surface area contributed by atoms with Gasteiger partial charge < -0.3 is 20.3 Å². The van der Waals surface area contributed by atoms with Gasteiger partial charge in [-0.3, -0.25) is 14.6 Å². The molecule has 0 spiro atoms. The van der Waals surface area contributed by atoms with Gasteiger partial charge in [0.25, 0.3) is 5.91 Å². The molecule has 1 saturated heterocycles. The smallest absolute Gasteiger partial charge is 0.408 e. The van der Waals surface area contributed by atoms with Crippen LogP contribution in [-0.2, 0) is 16.1 Å². The molecule has 0 saturated carbocycles. The Morgan fingerprint density at radius 3 is 2.19 bits per heavy atom. The highest BCUT2D eigenvalue weighted by molar-refractivity contribution is 5.93. The molecular formula is C29H32N4O4. The number of ether oxygens (including phenoxy) is 1. The molecule has 1 aliphatic rings. The normalized spacial score (nSPS) is 14.3. The second-order valence-corrected chi connectivity index (χ2v) is 10.2. The molecule has 8 nitrogen and oxygen atoms in total. The molecule has 0 radical (unpaired) electrons. The van der Waals surface area contributed by atoms with E-state index in [1.54, 1.807) is 17.2 Å². The summed E-state index contributed by atoms with van der Waals surface area (Å²) >= 11 is 0. The number of hydrogen-bond acceptors (Lipinski definition) is 5. The van der Waals surface area contributed by atoms with Crippen LogP contribution in [0.4, 0.5) is 4.79 Å². The Hall–Kier alpha value is -4.20. The van der Waals surface area contributed by atoms with Crippen molar-refractivity contribution in [2.45, 2.75) is 39.5 Å². The maximum atomic E-state index is 13.2. The van der Waals surface area contributed by atoms with Gasteiger partial charge in [0.1, 0.15) is 18.3 Å². The zero-order valence-corrected chi connectivity index (χ0v) is 21.3. The van der Waals surface area contributed by atoms with Crippen LogP contribution in [0, 0.1) is 5.41 Å². The lowest BCUT2D eigenvalue weighted by Gasteiger charge is -2.43. The Morgan fingerprint density at radius 2 is 1.59 bits per heavy atom. The quantitative estimate of drug-likeness (QED) is 0.510. The molecule has 0 unspecified atom stereocenters. The molecule has 2 aromatic carbocycles. The Balaban J connectivity index is 1.27. The van der Waals surface area contributed by atoms with Crippen molar-refractivity contribution in [3.05, 3.63) is 90.3 Å². The molecule has 1 fully saturated rings. The van der Waals surface area contributed by atoms with Crippen molar-refractivity contribution in [2.75, 3.05) is 13.1 Å². The summed E-state index contributed by atoms with van der Waals surface area (Å²) in [4.78, 5) is 44.2. The van der Waals surface area contributed by atoms with Gasteiger partial charge in [-0.2, -0.15) is 0 Å². The van der Waals surface area contributed by atoms with Crippen LogP contribution < -0.4 is 10.6 Å². The number of nitrogens with zero attached hydrogens (tertiary/aromatic N) is 2. The topological polar surface area (TPSA) is 101 Å². The number of nitrogens with one attached hydrogen (secondary N) is 2. The molecule has 4 rings (SSSR count). The number of pyridine rings is 1. The van der Waals surface area contributed by atoms with Crippen molar-refractivity contribution in [2.24, 2.45) is 5.41 Å². The fraction of sp³-hybridized carbons (Fsp3) is 0.310. The van der Waals surface area contributed by atoms with Crippen molar-refractivity contribution in [3.63, 3.8) is 0 Å². The fourth-order valence-corrected chi connectivity index (χ4v) is 4.05. The van der Waals surface area contributed by atoms with Gasteiger partial charge in [-0.05, 0) is 22.6 Å². The number of benzene rings is 2. The number of amides is 3. The van der Waals surface area contributed by atoms with Crippen molar-refractivity contribution >= 4 is 17.9 Å². The lowest BCUT2D eigenvalue weighted by Crippen LogP contribution is -2.66. The van der Waals surface area contributed by atoms with E-state index in [2.05, 4.69) is 15.6 Å². The number of rotatable bonds is 7. The highest BCUT2D eigenvalue weighted by atomic mass is 16.5. The van der Waals surface area contributed by atoms with Gasteiger partial charge in [-0.25, -0.2) is 4.79 Å². The largest absolute Gasteiger partial charge is 0.445 e. The summed E-state index contributed by atoms with van der Waals surface area (Å²) in [5, 5.41) is 5.65. The first-order valence-electron chi connectivity index (χ1n) is 12.3. The van der Waals surface area contributed by atoms with Gasteiger partial charge in [0, 0.05) is 24.8 Å². The monoisotopic (exact) mass is 500 g/mol. The number of likely N-dealkylation sites (tertiary alicyclic amines) is 1. The van der Waals surface area contributed by atoms with E-state index < -0.39 is 17.6 Å². The number of hydrogen-bond donors (Lipinski definition) is 2. The Kier molecular flexibility index (Phi) is 7.86. The Labute approximate surface area is 217 Å². The van der Waals surface area contributed by atoms with Gasteiger partial charge in [0.2, 0.25) is 5.91 Å². The van der Waals surface area contributed by atoms with E-state index in [9.17, 15) is 14.4 Å². The van der Waals surface area contributed by atoms with E-state index in [0.717, 1.165) is 16.7 Å². The average molecular weight is 501 g/mol. The lowest BCUT2D eigenvalue weighted by molar-refractivity contribution is -0.140. The predicted molar refractivity (Wildman–Crippen MR) is 141 cm³/mol. The molecule has 1 aromatic heterocycles. The predicted octanol–water partition coefficient (Wildman–Crippen LogP) is 4.03. The molecule has 3 aromatic rings. The van der Waals surface area contributed by atoms with Crippen LogP contribution in [0.15, 0.2) is 79.0 Å². The third-order valence-electron chi connectivity index (χ3n) is 6.22. The van der Waals surface area contributed by atoms with Gasteiger partial charge in [0.05, 0.1) is 6.04 Å². The van der Waals surface area contributed by atoms with E-state index in [-0.39, 0.29) is 24.5 Å². The van der Waals surface area contributed by atoms with Gasteiger partial charge in [-0.15, -0.1) is 0 Å². The SMILES string of the molecule is CC(C)(C)[C@H](NC(=O)OCc1ccccc1)C(=O)N1CC(NC(=O)c2ccc(-c3ccccc3)cn2)C1. The minimum absolute atomic E-state index is 0.121. The second-order valence-electron chi connectivity index (χ2n) is 10.2. The zero-order chi connectivity index (χ0) is 26.4. The van der Waals surface area contributed by atoms with Crippen LogP contribution in [0.2, 0.25) is 0 Å². The standard InChI is InChI=1S/C29H32N4O4/c1-29(2,3)25(32-28(36)37-19-20-10-6-4-7-11-20)27(35)33-17-23(18-33)31-26(34)24-15-14-22(16-30-24)21-12-8-5-9-13-21/h4-16,23,25H,17-19H2,1-3H3,(H,31,34)(H,32,36)/t25-/m1/s1. The molecule has 37 heavy (non-hydrogen) atoms. The maximum absolute atomic E-state index is 13.2. The van der Waals surface area contributed by atoms with Gasteiger partial charge in [-0.1, -0.05) is 87.5 Å². The summed E-state index contributed by atoms with van der Waals surface area (Å²) in [5.74, 6) is -0.494. The summed E-state index contributed by atoms with van der Waals surface area (Å²) in [6.07, 6.45) is 1.03. The van der Waals surface area contributed by atoms with Crippen LogP contribution >= 0.6 is 0 Å². The van der Waals surface area contributed by atoms with Crippen molar-refractivity contribution in [1.82, 2.24) is 20.5 Å². The van der Waals surface area contributed by atoms with Crippen LogP contribution in [0.25, 0.3) is 11.1 Å². The minimum Gasteiger partial charge on any atom is -0.445 e. The van der Waals surface area contributed by atoms with Crippen molar-refractivity contribution < 1.29 is 19.1 Å². The lowest BCUT2D eigenvalue weighted by atomic mass is 9.85. The van der Waals surface area contributed by atoms with Crippen LogP contribution in [-0.4, -0.2) is 53.0 Å². The van der Waals surface area contributed by atoms with E-state index in [0.29, 0.717) is 18.8 Å². The zero-order valence-electron chi connectivity index (χ0n) is 21.3. The Bertz CT molecular complexity index is 1220. The molecule has 0 aliphatic carbocycles. The number of carbonyl (C=O) groups excluding carboxylic acids is 3. The Morgan fingerprint density at radius 1 is 0.946 bits per heavy atom. The van der Waals surface area contributed by atoms with E-state index in [1.807, 2.05) is 87.5 Å². The number of carbonyl (C=O) groups is 3. The van der Waals surface area contributed by atoms with E-state index in [4.69, 9.17) is 4.74 Å². The van der Waals surface area contributed by atoms with Crippen LogP contribution in [0.3, 0.4) is 0 Å². The average Bonchev–Trinajstić information content (AvgIpc) is 2.88. The van der Waals surface area contributed by atoms with Crippen LogP contribution in [0.1, 0.15) is 36.8 Å². The third-order valence-corrected chi connectivity index (χ3v) is 6.22. The molecule has 2 heterocycles. The first-order chi connectivity index (χ1) is 17.7. The molecule has 1 aliphatic heterocycles. The molecule has 192 valence electrons. The number of aromatic nitrogens is 1. The summed E-state index contributed by atoms with van der Waals surface area (Å²) in [7, 11) is 0. The fourth-order valence-electron chi connectivity index (χ4n) is 4.05. The molecule has 8 heteroatoms. The first-order valence-corrected chi connectivity index (χ1v) is 12.3. The summed E-state index contributed by atoms with van der Waals surface area (Å²) in [6, 6.07) is 21.8. The third kappa shape index (κ3) is 6.73. The van der Waals surface area contributed by atoms with Crippen LogP contribution in [0.5, 0.6) is 0 Å². The number of alkyl carbamates (subject to hydrolysis) is 1. The molecule has 1 atom stereocenters. The van der Waals surface area contributed by atoms with E-state index >= 15 is 0 Å². The molecule has 2 N–H and O–H groups in total. The second kappa shape index (κ2) is 11.2.